The van der Waals surface area contributed by atoms with E-state index in [9.17, 15) is 10.1 Å². The second kappa shape index (κ2) is 10.7. The maximum absolute atomic E-state index is 11.0. The van der Waals surface area contributed by atoms with Crippen molar-refractivity contribution in [1.82, 2.24) is 19.9 Å². The molecule has 3 aromatic heterocycles. The monoisotopic (exact) mass is 550 g/mol. The Morgan fingerprint density at radius 2 is 1.54 bits per heavy atom. The highest BCUT2D eigenvalue weighted by atomic mass is 32.2. The van der Waals surface area contributed by atoms with Crippen molar-refractivity contribution in [3.05, 3.63) is 137 Å². The Labute approximate surface area is 234 Å². The Bertz CT molecular complexity index is 1610. The third kappa shape index (κ3) is 4.99. The van der Waals surface area contributed by atoms with Crippen LogP contribution in [-0.4, -0.2) is 24.6 Å². The molecular weight excluding hydrogens is 528 g/mol. The number of rotatable bonds is 7. The summed E-state index contributed by atoms with van der Waals surface area (Å²) < 4.78 is 2.09. The summed E-state index contributed by atoms with van der Waals surface area (Å²) in [6, 6.07) is 30.2. The highest BCUT2D eigenvalue weighted by Crippen LogP contribution is 2.42. The standard InChI is InChI=1S/C29H22N6O2S2/c36-35(37)21-11-15-23(16-12-21)39-22-13-9-20(10-14-22)34-28(27(32-29(34)38)24-6-1-3-17-30-24)25-7-5-19-33(25)26-8-2-4-18-31-26/h1-19,27-28H,(H,32,38)/t27-,28+/m0/s1. The number of non-ortho nitro benzene ring substituents is 1. The first-order chi connectivity index (χ1) is 19.1. The van der Waals surface area contributed by atoms with Crippen LogP contribution in [0.25, 0.3) is 5.82 Å². The highest BCUT2D eigenvalue weighted by molar-refractivity contribution is 7.99. The Balaban J connectivity index is 1.35. The molecule has 1 N–H and O–H groups in total. The molecule has 1 saturated heterocycles. The maximum atomic E-state index is 11.0. The van der Waals surface area contributed by atoms with Crippen LogP contribution in [0, 0.1) is 10.1 Å². The van der Waals surface area contributed by atoms with Crippen LogP contribution >= 0.6 is 24.0 Å². The number of nitrogens with zero attached hydrogens (tertiary/aromatic N) is 5. The van der Waals surface area contributed by atoms with Gasteiger partial charge in [0.25, 0.3) is 5.69 Å². The first-order valence-corrected chi connectivity index (χ1v) is 13.4. The van der Waals surface area contributed by atoms with Crippen molar-refractivity contribution in [2.24, 2.45) is 0 Å². The molecule has 1 aliphatic heterocycles. The van der Waals surface area contributed by atoms with Gasteiger partial charge in [0.1, 0.15) is 11.9 Å². The average Bonchev–Trinajstić information content (AvgIpc) is 3.59. The highest BCUT2D eigenvalue weighted by Gasteiger charge is 2.42. The summed E-state index contributed by atoms with van der Waals surface area (Å²) >= 11 is 7.43. The predicted octanol–water partition coefficient (Wildman–Crippen LogP) is 6.50. The Kier molecular flexibility index (Phi) is 6.78. The Morgan fingerprint density at radius 1 is 0.846 bits per heavy atom. The molecule has 0 radical (unpaired) electrons. The second-order valence-electron chi connectivity index (χ2n) is 8.83. The number of benzene rings is 2. The molecule has 0 aliphatic carbocycles. The van der Waals surface area contributed by atoms with E-state index in [2.05, 4.69) is 30.8 Å². The molecule has 0 spiro atoms. The van der Waals surface area contributed by atoms with Gasteiger partial charge in [-0.15, -0.1) is 0 Å². The Morgan fingerprint density at radius 3 is 2.18 bits per heavy atom. The van der Waals surface area contributed by atoms with Gasteiger partial charge in [-0.05, 0) is 85.0 Å². The summed E-state index contributed by atoms with van der Waals surface area (Å²) in [4.78, 5) is 23.8. The topological polar surface area (TPSA) is 89.1 Å². The lowest BCUT2D eigenvalue weighted by Crippen LogP contribution is -2.30. The van der Waals surface area contributed by atoms with Crippen LogP contribution in [0.2, 0.25) is 0 Å². The molecule has 10 heteroatoms. The van der Waals surface area contributed by atoms with Gasteiger partial charge in [0, 0.05) is 51.9 Å². The molecule has 0 saturated carbocycles. The minimum absolute atomic E-state index is 0.0775. The van der Waals surface area contributed by atoms with Crippen molar-refractivity contribution in [2.45, 2.75) is 21.9 Å². The van der Waals surface area contributed by atoms with Crippen LogP contribution in [0.4, 0.5) is 11.4 Å². The van der Waals surface area contributed by atoms with E-state index < -0.39 is 4.92 Å². The summed E-state index contributed by atoms with van der Waals surface area (Å²) in [5.41, 5.74) is 2.94. The molecule has 192 valence electrons. The smallest absolute Gasteiger partial charge is 0.269 e. The van der Waals surface area contributed by atoms with E-state index in [1.54, 1.807) is 36.3 Å². The van der Waals surface area contributed by atoms with Crippen molar-refractivity contribution in [2.75, 3.05) is 4.90 Å². The SMILES string of the molecule is O=[N+]([O-])c1ccc(Sc2ccc(N3C(=S)N[C@@H](c4ccccn4)[C@H]3c3cccn3-c3ccccn3)cc2)cc1. The van der Waals surface area contributed by atoms with Crippen molar-refractivity contribution in [1.29, 1.82) is 0 Å². The quantitative estimate of drug-likeness (QED) is 0.139. The number of hydrogen-bond acceptors (Lipinski definition) is 6. The molecule has 8 nitrogen and oxygen atoms in total. The van der Waals surface area contributed by atoms with Gasteiger partial charge in [-0.25, -0.2) is 4.98 Å². The molecule has 0 unspecified atom stereocenters. The van der Waals surface area contributed by atoms with Crippen molar-refractivity contribution in [3.63, 3.8) is 0 Å². The van der Waals surface area contributed by atoms with Crippen molar-refractivity contribution >= 4 is 40.5 Å². The average molecular weight is 551 g/mol. The summed E-state index contributed by atoms with van der Waals surface area (Å²) in [7, 11) is 0. The molecule has 0 bridgehead atoms. The molecule has 0 amide bonds. The molecule has 1 fully saturated rings. The Hall–Kier alpha value is -4.54. The predicted molar refractivity (Wildman–Crippen MR) is 155 cm³/mol. The molecule has 2 aromatic carbocycles. The lowest BCUT2D eigenvalue weighted by Gasteiger charge is -2.29. The zero-order valence-corrected chi connectivity index (χ0v) is 22.1. The maximum Gasteiger partial charge on any atom is 0.269 e. The fraction of sp³-hybridized carbons (Fsp3) is 0.0690. The number of hydrogen-bond donors (Lipinski definition) is 1. The van der Waals surface area contributed by atoms with Crippen molar-refractivity contribution in [3.8, 4) is 5.82 Å². The number of anilines is 1. The zero-order chi connectivity index (χ0) is 26.8. The van der Waals surface area contributed by atoms with Gasteiger partial charge in [-0.1, -0.05) is 23.9 Å². The summed E-state index contributed by atoms with van der Waals surface area (Å²) in [5, 5.41) is 15.1. The van der Waals surface area contributed by atoms with E-state index in [1.807, 2.05) is 72.9 Å². The summed E-state index contributed by atoms with van der Waals surface area (Å²) in [6.07, 6.45) is 5.59. The van der Waals surface area contributed by atoms with Crippen LogP contribution in [0.3, 0.4) is 0 Å². The van der Waals surface area contributed by atoms with Gasteiger partial charge >= 0.3 is 0 Å². The lowest BCUT2D eigenvalue weighted by molar-refractivity contribution is -0.384. The fourth-order valence-electron chi connectivity index (χ4n) is 4.72. The summed E-state index contributed by atoms with van der Waals surface area (Å²) in [5.74, 6) is 0.824. The van der Waals surface area contributed by atoms with Crippen LogP contribution < -0.4 is 10.2 Å². The first-order valence-electron chi connectivity index (χ1n) is 12.2. The first kappa shape index (κ1) is 24.8. The van der Waals surface area contributed by atoms with Gasteiger partial charge in [0.2, 0.25) is 0 Å². The minimum atomic E-state index is -0.394. The third-order valence-corrected chi connectivity index (χ3v) is 7.81. The van der Waals surface area contributed by atoms with Crippen LogP contribution in [0.15, 0.2) is 125 Å². The van der Waals surface area contributed by atoms with Crippen LogP contribution in [-0.2, 0) is 0 Å². The molecule has 39 heavy (non-hydrogen) atoms. The number of nitro groups is 1. The van der Waals surface area contributed by atoms with Gasteiger partial charge in [0.15, 0.2) is 5.11 Å². The number of nitro benzene ring substituents is 1. The minimum Gasteiger partial charge on any atom is -0.351 e. The number of pyridine rings is 2. The lowest BCUT2D eigenvalue weighted by atomic mass is 10.0. The van der Waals surface area contributed by atoms with E-state index >= 15 is 0 Å². The van der Waals surface area contributed by atoms with Gasteiger partial charge in [0.05, 0.1) is 16.7 Å². The van der Waals surface area contributed by atoms with E-state index in [0.29, 0.717) is 5.11 Å². The van der Waals surface area contributed by atoms with Gasteiger partial charge < -0.3 is 14.8 Å². The second-order valence-corrected chi connectivity index (χ2v) is 10.4. The molecular formula is C29H22N6O2S2. The zero-order valence-electron chi connectivity index (χ0n) is 20.5. The largest absolute Gasteiger partial charge is 0.351 e. The van der Waals surface area contributed by atoms with Gasteiger partial charge in [-0.3, -0.25) is 15.1 Å². The molecule has 5 aromatic rings. The normalized spacial score (nSPS) is 16.7. The summed E-state index contributed by atoms with van der Waals surface area (Å²) in [6.45, 7) is 0. The van der Waals surface area contributed by atoms with Gasteiger partial charge in [-0.2, -0.15) is 0 Å². The van der Waals surface area contributed by atoms with E-state index in [-0.39, 0.29) is 17.8 Å². The van der Waals surface area contributed by atoms with E-state index in [4.69, 9.17) is 12.2 Å². The fourth-order valence-corrected chi connectivity index (χ4v) is 5.88. The van der Waals surface area contributed by atoms with Crippen LogP contribution in [0.5, 0.6) is 0 Å². The van der Waals surface area contributed by atoms with Crippen molar-refractivity contribution < 1.29 is 4.92 Å². The third-order valence-electron chi connectivity index (χ3n) is 6.48. The van der Waals surface area contributed by atoms with E-state index in [1.165, 1.54) is 12.1 Å². The number of thiocarbonyl (C=S) groups is 1. The van der Waals surface area contributed by atoms with E-state index in [0.717, 1.165) is 32.7 Å². The molecule has 1 aliphatic rings. The number of nitrogens with one attached hydrogen (secondary N) is 1. The number of aromatic nitrogens is 3. The molecule has 6 rings (SSSR count). The molecule has 2 atom stereocenters. The molecule has 4 heterocycles. The van der Waals surface area contributed by atoms with Crippen LogP contribution in [0.1, 0.15) is 23.5 Å².